The SMILES string of the molecule is O=C(c1csc2c(O)nc(-c3ccccn3)nc12)N1CCN(c2ccc(O)c(O)c2)CC1. The van der Waals surface area contributed by atoms with Gasteiger partial charge in [0.25, 0.3) is 5.91 Å². The maximum absolute atomic E-state index is 13.3. The minimum absolute atomic E-state index is 0.158. The predicted octanol–water partition coefficient (Wildman–Crippen LogP) is 2.83. The van der Waals surface area contributed by atoms with Crippen molar-refractivity contribution in [1.29, 1.82) is 0 Å². The Morgan fingerprint density at radius 2 is 1.78 bits per heavy atom. The molecule has 4 heterocycles. The summed E-state index contributed by atoms with van der Waals surface area (Å²) in [5.74, 6) is -0.401. The number of phenolic OH excluding ortho intramolecular Hbond substituents is 2. The summed E-state index contributed by atoms with van der Waals surface area (Å²) in [5.41, 5.74) is 2.14. The zero-order chi connectivity index (χ0) is 22.2. The van der Waals surface area contributed by atoms with Gasteiger partial charge >= 0.3 is 0 Å². The van der Waals surface area contributed by atoms with Crippen LogP contribution >= 0.6 is 11.3 Å². The minimum Gasteiger partial charge on any atom is -0.504 e. The number of aromatic hydroxyl groups is 3. The summed E-state index contributed by atoms with van der Waals surface area (Å²) < 4.78 is 0.464. The maximum Gasteiger partial charge on any atom is 0.257 e. The molecule has 1 saturated heterocycles. The van der Waals surface area contributed by atoms with E-state index >= 15 is 0 Å². The topological polar surface area (TPSA) is 123 Å². The average molecular weight is 449 g/mol. The van der Waals surface area contributed by atoms with E-state index in [0.29, 0.717) is 47.7 Å². The number of aromatic nitrogens is 3. The van der Waals surface area contributed by atoms with Gasteiger partial charge in [0.15, 0.2) is 17.3 Å². The van der Waals surface area contributed by atoms with Crippen LogP contribution in [0.4, 0.5) is 5.69 Å². The van der Waals surface area contributed by atoms with Gasteiger partial charge in [0.05, 0.1) is 5.56 Å². The molecule has 1 amide bonds. The monoisotopic (exact) mass is 449 g/mol. The zero-order valence-electron chi connectivity index (χ0n) is 16.8. The molecule has 0 unspecified atom stereocenters. The van der Waals surface area contributed by atoms with Crippen molar-refractivity contribution >= 4 is 33.1 Å². The van der Waals surface area contributed by atoms with Crippen LogP contribution in [0.2, 0.25) is 0 Å². The number of piperazine rings is 1. The normalized spacial score (nSPS) is 14.1. The van der Waals surface area contributed by atoms with Gasteiger partial charge in [-0.3, -0.25) is 9.78 Å². The summed E-state index contributed by atoms with van der Waals surface area (Å²) in [4.78, 5) is 29.9. The lowest BCUT2D eigenvalue weighted by molar-refractivity contribution is 0.0749. The highest BCUT2D eigenvalue weighted by atomic mass is 32.1. The van der Waals surface area contributed by atoms with Gasteiger partial charge in [0, 0.05) is 49.5 Å². The Morgan fingerprint density at radius 1 is 0.969 bits per heavy atom. The molecule has 0 saturated carbocycles. The van der Waals surface area contributed by atoms with Crippen LogP contribution in [0.15, 0.2) is 48.0 Å². The van der Waals surface area contributed by atoms with Gasteiger partial charge in [-0.25, -0.2) is 4.98 Å². The molecule has 5 rings (SSSR count). The van der Waals surface area contributed by atoms with Gasteiger partial charge in [0.1, 0.15) is 15.9 Å². The van der Waals surface area contributed by atoms with Crippen LogP contribution in [0, 0.1) is 0 Å². The van der Waals surface area contributed by atoms with Gasteiger partial charge in [-0.05, 0) is 24.3 Å². The van der Waals surface area contributed by atoms with Crippen LogP contribution in [-0.2, 0) is 0 Å². The van der Waals surface area contributed by atoms with Crippen LogP contribution < -0.4 is 4.90 Å². The number of hydrogen-bond acceptors (Lipinski definition) is 9. The number of carbonyl (C=O) groups is 1. The fourth-order valence-corrected chi connectivity index (χ4v) is 4.58. The van der Waals surface area contributed by atoms with Crippen molar-refractivity contribution in [3.63, 3.8) is 0 Å². The Morgan fingerprint density at radius 3 is 2.50 bits per heavy atom. The van der Waals surface area contributed by atoms with Crippen molar-refractivity contribution in [1.82, 2.24) is 19.9 Å². The molecule has 1 aliphatic rings. The van der Waals surface area contributed by atoms with Crippen LogP contribution in [0.1, 0.15) is 10.4 Å². The molecule has 1 aromatic carbocycles. The third-order valence-corrected chi connectivity index (χ3v) is 6.38. The number of hydrogen-bond donors (Lipinski definition) is 3. The lowest BCUT2D eigenvalue weighted by Crippen LogP contribution is -2.48. The molecule has 162 valence electrons. The van der Waals surface area contributed by atoms with E-state index in [4.69, 9.17) is 0 Å². The maximum atomic E-state index is 13.3. The van der Waals surface area contributed by atoms with Crippen molar-refractivity contribution in [3.05, 3.63) is 53.5 Å². The second-order valence-electron chi connectivity index (χ2n) is 7.37. The number of anilines is 1. The Labute approximate surface area is 186 Å². The predicted molar refractivity (Wildman–Crippen MR) is 120 cm³/mol. The molecule has 1 aliphatic heterocycles. The molecule has 3 aromatic heterocycles. The van der Waals surface area contributed by atoms with Crippen molar-refractivity contribution in [2.75, 3.05) is 31.1 Å². The lowest BCUT2D eigenvalue weighted by Gasteiger charge is -2.36. The van der Waals surface area contributed by atoms with E-state index in [-0.39, 0.29) is 29.1 Å². The number of carbonyl (C=O) groups excluding carboxylic acids is 1. The molecule has 3 N–H and O–H groups in total. The van der Waals surface area contributed by atoms with Crippen LogP contribution in [-0.4, -0.2) is 67.3 Å². The highest BCUT2D eigenvalue weighted by Gasteiger charge is 2.26. The lowest BCUT2D eigenvalue weighted by atomic mass is 10.2. The number of thiophene rings is 1. The van der Waals surface area contributed by atoms with Crippen molar-refractivity contribution in [2.45, 2.75) is 0 Å². The number of amides is 1. The van der Waals surface area contributed by atoms with Crippen LogP contribution in [0.3, 0.4) is 0 Å². The Hall–Kier alpha value is -3.92. The quantitative estimate of drug-likeness (QED) is 0.408. The number of nitrogens with zero attached hydrogens (tertiary/aromatic N) is 5. The third-order valence-electron chi connectivity index (χ3n) is 5.41. The summed E-state index contributed by atoms with van der Waals surface area (Å²) >= 11 is 1.23. The molecule has 9 nitrogen and oxygen atoms in total. The van der Waals surface area contributed by atoms with Crippen molar-refractivity contribution in [2.24, 2.45) is 0 Å². The zero-order valence-corrected chi connectivity index (χ0v) is 17.7. The first kappa shape index (κ1) is 20.0. The fourth-order valence-electron chi connectivity index (χ4n) is 3.71. The standard InChI is InChI=1S/C22H19N5O4S/c28-16-5-4-13(11-17(16)29)26-7-9-27(10-8-26)22(31)14-12-32-19-18(14)24-20(25-21(19)30)15-3-1-2-6-23-15/h1-6,11-12,28-29H,7-10H2,(H,24,25,30). The van der Waals surface area contributed by atoms with Gasteiger partial charge in [0.2, 0.25) is 5.88 Å². The van der Waals surface area contributed by atoms with E-state index < -0.39 is 0 Å². The molecule has 10 heteroatoms. The summed E-state index contributed by atoms with van der Waals surface area (Å²) in [6.45, 7) is 2.14. The Kier molecular flexibility index (Phi) is 4.98. The molecule has 32 heavy (non-hydrogen) atoms. The van der Waals surface area contributed by atoms with Crippen LogP contribution in [0.25, 0.3) is 21.7 Å². The highest BCUT2D eigenvalue weighted by molar-refractivity contribution is 7.17. The molecule has 4 aromatic rings. The van der Waals surface area contributed by atoms with E-state index in [0.717, 1.165) is 5.69 Å². The largest absolute Gasteiger partial charge is 0.504 e. The van der Waals surface area contributed by atoms with Crippen LogP contribution in [0.5, 0.6) is 17.4 Å². The molecule has 0 radical (unpaired) electrons. The highest BCUT2D eigenvalue weighted by Crippen LogP contribution is 2.34. The molecule has 0 atom stereocenters. The summed E-state index contributed by atoms with van der Waals surface area (Å²) in [6.07, 6.45) is 1.62. The van der Waals surface area contributed by atoms with E-state index in [1.807, 2.05) is 4.90 Å². The number of phenols is 2. The first-order valence-electron chi connectivity index (χ1n) is 9.97. The van der Waals surface area contributed by atoms with Gasteiger partial charge in [-0.2, -0.15) is 4.98 Å². The Balaban J connectivity index is 1.38. The third kappa shape index (κ3) is 3.54. The first-order valence-corrected chi connectivity index (χ1v) is 10.8. The van der Waals surface area contributed by atoms with Crippen molar-refractivity contribution < 1.29 is 20.1 Å². The average Bonchev–Trinajstić information content (AvgIpc) is 3.26. The minimum atomic E-state index is -0.172. The van der Waals surface area contributed by atoms with E-state index in [1.54, 1.807) is 40.7 Å². The molecule has 0 aliphatic carbocycles. The second-order valence-corrected chi connectivity index (χ2v) is 8.24. The molecule has 1 fully saturated rings. The van der Waals surface area contributed by atoms with E-state index in [9.17, 15) is 20.1 Å². The van der Waals surface area contributed by atoms with Gasteiger partial charge in [-0.15, -0.1) is 11.3 Å². The summed E-state index contributed by atoms with van der Waals surface area (Å²) in [6, 6.07) is 10.0. The second kappa shape index (κ2) is 7.97. The number of pyridine rings is 1. The van der Waals surface area contributed by atoms with Gasteiger partial charge < -0.3 is 25.1 Å². The number of rotatable bonds is 3. The first-order chi connectivity index (χ1) is 15.5. The van der Waals surface area contributed by atoms with Gasteiger partial charge in [-0.1, -0.05) is 6.07 Å². The smallest absolute Gasteiger partial charge is 0.257 e. The fraction of sp³-hybridized carbons (Fsp3) is 0.182. The molecular formula is C22H19N5O4S. The number of fused-ring (bicyclic) bond motifs is 1. The van der Waals surface area contributed by atoms with Crippen molar-refractivity contribution in [3.8, 4) is 28.9 Å². The van der Waals surface area contributed by atoms with E-state index in [2.05, 4.69) is 15.0 Å². The summed E-state index contributed by atoms with van der Waals surface area (Å²) in [5, 5.41) is 31.3. The molecular weight excluding hydrogens is 430 g/mol. The molecule has 0 spiro atoms. The summed E-state index contributed by atoms with van der Waals surface area (Å²) in [7, 11) is 0. The molecule has 0 bridgehead atoms. The van der Waals surface area contributed by atoms with E-state index in [1.165, 1.54) is 23.5 Å². The Bertz CT molecular complexity index is 1300. The number of benzene rings is 1.